The normalized spacial score (nSPS) is 14.2. The quantitative estimate of drug-likeness (QED) is 0.194. The average Bonchev–Trinajstić information content (AvgIpc) is 2.02. The largest absolute Gasteiger partial charge is 0.468 e. The van der Waals surface area contributed by atoms with E-state index in [0.717, 1.165) is 11.8 Å². The predicted molar refractivity (Wildman–Crippen MR) is 44.9 cm³/mol. The van der Waals surface area contributed by atoms with Gasteiger partial charge in [0.2, 0.25) is 0 Å². The van der Waals surface area contributed by atoms with Crippen LogP contribution in [0.4, 0.5) is 0 Å². The summed E-state index contributed by atoms with van der Waals surface area (Å²) >= 11 is 1.06. The molecule has 0 aromatic carbocycles. The van der Waals surface area contributed by atoms with Crippen molar-refractivity contribution in [1.29, 1.82) is 0 Å². The van der Waals surface area contributed by atoms with Crippen molar-refractivity contribution in [2.24, 2.45) is 16.7 Å². The summed E-state index contributed by atoms with van der Waals surface area (Å²) in [5.74, 6) is 4.51. The highest BCUT2D eigenvalue weighted by molar-refractivity contribution is 8.14. The first-order valence-electron chi connectivity index (χ1n) is 2.89. The van der Waals surface area contributed by atoms with Crippen LogP contribution in [0.2, 0.25) is 0 Å². The molecule has 0 saturated heterocycles. The molecule has 0 bridgehead atoms. The van der Waals surface area contributed by atoms with E-state index in [2.05, 4.69) is 9.84 Å². The van der Waals surface area contributed by atoms with Crippen molar-refractivity contribution in [1.82, 2.24) is 0 Å². The zero-order chi connectivity index (χ0) is 8.85. The molecule has 11 heavy (non-hydrogen) atoms. The summed E-state index contributed by atoms with van der Waals surface area (Å²) < 4.78 is 4.45. The third-order valence-electron chi connectivity index (χ3n) is 0.958. The van der Waals surface area contributed by atoms with Gasteiger partial charge in [-0.25, -0.2) is 0 Å². The fourth-order valence-corrected chi connectivity index (χ4v) is 1.04. The van der Waals surface area contributed by atoms with Gasteiger partial charge in [0.05, 0.1) is 7.11 Å². The molecular weight excluding hydrogens is 166 g/mol. The molecule has 0 aliphatic rings. The second-order valence-corrected chi connectivity index (χ2v) is 3.11. The number of ether oxygens (including phenoxy) is 1. The molecule has 0 fully saturated rings. The van der Waals surface area contributed by atoms with Gasteiger partial charge < -0.3 is 16.3 Å². The summed E-state index contributed by atoms with van der Waals surface area (Å²) in [4.78, 5) is 10.8. The third kappa shape index (κ3) is 3.72. The summed E-state index contributed by atoms with van der Waals surface area (Å²) in [7, 11) is 1.31. The minimum Gasteiger partial charge on any atom is -0.468 e. The molecule has 64 valence electrons. The Morgan fingerprint density at radius 3 is 2.64 bits per heavy atom. The Kier molecular flexibility index (Phi) is 4.44. The number of hydrogen-bond donors (Lipinski definition) is 2. The first-order valence-corrected chi connectivity index (χ1v) is 3.77. The van der Waals surface area contributed by atoms with Crippen molar-refractivity contribution < 1.29 is 9.53 Å². The van der Waals surface area contributed by atoms with Gasteiger partial charge in [-0.05, 0) is 6.92 Å². The average molecular weight is 177 g/mol. The molecule has 0 aliphatic carbocycles. The lowest BCUT2D eigenvalue weighted by Gasteiger charge is -2.06. The molecule has 0 rings (SSSR count). The summed E-state index contributed by atoms with van der Waals surface area (Å²) in [6, 6.07) is 0. The van der Waals surface area contributed by atoms with E-state index >= 15 is 0 Å². The number of thioether (sulfide) groups is 1. The lowest BCUT2D eigenvalue weighted by molar-refractivity contribution is -0.139. The van der Waals surface area contributed by atoms with Gasteiger partial charge in [-0.15, -0.1) is 0 Å². The highest BCUT2D eigenvalue weighted by Crippen LogP contribution is 2.10. The highest BCUT2D eigenvalue weighted by atomic mass is 32.2. The number of hydrogen-bond acceptors (Lipinski definition) is 5. The molecule has 0 radical (unpaired) electrons. The van der Waals surface area contributed by atoms with Crippen LogP contribution in [0.15, 0.2) is 5.10 Å². The van der Waals surface area contributed by atoms with Gasteiger partial charge in [-0.2, -0.15) is 5.10 Å². The predicted octanol–water partition coefficient (Wildman–Crippen LogP) is -0.531. The van der Waals surface area contributed by atoms with Gasteiger partial charge in [0.15, 0.2) is 5.17 Å². The molecule has 0 aliphatic heterocycles. The zero-order valence-corrected chi connectivity index (χ0v) is 7.22. The van der Waals surface area contributed by atoms with Gasteiger partial charge in [0, 0.05) is 0 Å². The summed E-state index contributed by atoms with van der Waals surface area (Å²) in [5.41, 5.74) is 5.25. The summed E-state index contributed by atoms with van der Waals surface area (Å²) in [5, 5.41) is 3.00. The van der Waals surface area contributed by atoms with E-state index in [4.69, 9.17) is 11.6 Å². The molecule has 1 unspecified atom stereocenters. The number of rotatable bonds is 2. The van der Waals surface area contributed by atoms with Gasteiger partial charge >= 0.3 is 5.97 Å². The van der Waals surface area contributed by atoms with Crippen molar-refractivity contribution in [3.63, 3.8) is 0 Å². The zero-order valence-electron chi connectivity index (χ0n) is 6.40. The number of nitrogens with zero attached hydrogens (tertiary/aromatic N) is 1. The van der Waals surface area contributed by atoms with E-state index in [1.807, 2.05) is 0 Å². The lowest BCUT2D eigenvalue weighted by atomic mass is 10.5. The van der Waals surface area contributed by atoms with E-state index in [1.54, 1.807) is 6.92 Å². The Morgan fingerprint density at radius 1 is 1.73 bits per heavy atom. The van der Waals surface area contributed by atoms with E-state index in [9.17, 15) is 4.79 Å². The van der Waals surface area contributed by atoms with Crippen LogP contribution in [0.3, 0.4) is 0 Å². The van der Waals surface area contributed by atoms with Crippen molar-refractivity contribution in [3.8, 4) is 0 Å². The molecule has 0 saturated carbocycles. The monoisotopic (exact) mass is 177 g/mol. The molecule has 6 heteroatoms. The van der Waals surface area contributed by atoms with Crippen LogP contribution in [0.1, 0.15) is 6.92 Å². The molecule has 5 nitrogen and oxygen atoms in total. The number of carbonyl (C=O) groups is 1. The van der Waals surface area contributed by atoms with Gasteiger partial charge in [0.25, 0.3) is 0 Å². The Hall–Kier alpha value is -0.910. The van der Waals surface area contributed by atoms with Gasteiger partial charge in [0.1, 0.15) is 5.25 Å². The fourth-order valence-electron chi connectivity index (χ4n) is 0.426. The SMILES string of the molecule is COC(=O)C(C)SC(N)=NN. The molecular formula is C5H11N3O2S. The Morgan fingerprint density at radius 2 is 2.27 bits per heavy atom. The number of nitrogens with two attached hydrogens (primary N) is 2. The minimum atomic E-state index is -0.368. The molecule has 0 aromatic rings. The Balaban J connectivity index is 3.87. The van der Waals surface area contributed by atoms with E-state index in [0.29, 0.717) is 0 Å². The van der Waals surface area contributed by atoms with Crippen molar-refractivity contribution in [2.75, 3.05) is 7.11 Å². The first kappa shape index (κ1) is 10.1. The van der Waals surface area contributed by atoms with Crippen LogP contribution in [0.25, 0.3) is 0 Å². The van der Waals surface area contributed by atoms with Crippen molar-refractivity contribution >= 4 is 22.9 Å². The standard InChI is InChI=1S/C5H11N3O2S/c1-3(4(9)10-2)11-5(6)8-7/h3H,7H2,1-2H3,(H2,6,8). The fraction of sp³-hybridized carbons (Fsp3) is 0.600. The topological polar surface area (TPSA) is 90.7 Å². The number of methoxy groups -OCH3 is 1. The smallest absolute Gasteiger partial charge is 0.318 e. The van der Waals surface area contributed by atoms with Gasteiger partial charge in [-0.1, -0.05) is 11.8 Å². The van der Waals surface area contributed by atoms with Crippen molar-refractivity contribution in [2.45, 2.75) is 12.2 Å². The maximum absolute atomic E-state index is 10.8. The number of amidine groups is 1. The third-order valence-corrected chi connectivity index (χ3v) is 1.85. The van der Waals surface area contributed by atoms with Crippen LogP contribution >= 0.6 is 11.8 Å². The van der Waals surface area contributed by atoms with Crippen LogP contribution in [0, 0.1) is 0 Å². The van der Waals surface area contributed by atoms with E-state index < -0.39 is 0 Å². The molecule has 1 atom stereocenters. The first-order chi connectivity index (χ1) is 5.11. The van der Waals surface area contributed by atoms with Crippen LogP contribution in [-0.4, -0.2) is 23.5 Å². The van der Waals surface area contributed by atoms with E-state index in [-0.39, 0.29) is 16.4 Å². The minimum absolute atomic E-state index is 0.169. The molecule has 0 amide bonds. The van der Waals surface area contributed by atoms with Gasteiger partial charge in [-0.3, -0.25) is 4.79 Å². The van der Waals surface area contributed by atoms with Crippen molar-refractivity contribution in [3.05, 3.63) is 0 Å². The highest BCUT2D eigenvalue weighted by Gasteiger charge is 2.14. The number of carbonyl (C=O) groups excluding carboxylic acids is 1. The Labute approximate surface area is 69.1 Å². The maximum atomic E-state index is 10.8. The second-order valence-electron chi connectivity index (χ2n) is 1.75. The Bertz CT molecular complexity index is 171. The maximum Gasteiger partial charge on any atom is 0.318 e. The lowest BCUT2D eigenvalue weighted by Crippen LogP contribution is -2.21. The van der Waals surface area contributed by atoms with Crippen LogP contribution in [0.5, 0.6) is 0 Å². The molecule has 4 N–H and O–H groups in total. The number of esters is 1. The molecule has 0 spiro atoms. The number of hydrazone groups is 1. The van der Waals surface area contributed by atoms with Crippen LogP contribution < -0.4 is 11.6 Å². The molecule has 0 aromatic heterocycles. The van der Waals surface area contributed by atoms with Crippen LogP contribution in [-0.2, 0) is 9.53 Å². The summed E-state index contributed by atoms with van der Waals surface area (Å²) in [6.45, 7) is 1.66. The second kappa shape index (κ2) is 4.84. The molecule has 0 heterocycles. The van der Waals surface area contributed by atoms with E-state index in [1.165, 1.54) is 7.11 Å². The summed E-state index contributed by atoms with van der Waals surface area (Å²) in [6.07, 6.45) is 0.